The summed E-state index contributed by atoms with van der Waals surface area (Å²) in [5.74, 6) is -0.124. The molecule has 8 heteroatoms. The van der Waals surface area contributed by atoms with Gasteiger partial charge in [0.1, 0.15) is 16.9 Å². The van der Waals surface area contributed by atoms with Crippen molar-refractivity contribution in [1.29, 1.82) is 0 Å². The zero-order valence-electron chi connectivity index (χ0n) is 17.4. The summed E-state index contributed by atoms with van der Waals surface area (Å²) in [7, 11) is 0. The van der Waals surface area contributed by atoms with E-state index >= 15 is 0 Å². The van der Waals surface area contributed by atoms with E-state index in [4.69, 9.17) is 16.0 Å². The van der Waals surface area contributed by atoms with Gasteiger partial charge in [0.15, 0.2) is 11.4 Å². The number of halogens is 2. The van der Waals surface area contributed by atoms with Crippen LogP contribution in [0.15, 0.2) is 46.9 Å². The van der Waals surface area contributed by atoms with Gasteiger partial charge in [-0.3, -0.25) is 4.79 Å². The van der Waals surface area contributed by atoms with Crippen LogP contribution in [0.25, 0.3) is 22.1 Å². The van der Waals surface area contributed by atoms with Crippen LogP contribution in [-0.2, 0) is 6.54 Å². The minimum absolute atomic E-state index is 0.0709. The molecule has 0 atom stereocenters. The Morgan fingerprint density at radius 3 is 2.66 bits per heavy atom. The van der Waals surface area contributed by atoms with Gasteiger partial charge in [0.25, 0.3) is 5.91 Å². The molecule has 4 aromatic rings. The number of benzene rings is 2. The highest BCUT2D eigenvalue weighted by Gasteiger charge is 2.23. The Morgan fingerprint density at radius 2 is 1.88 bits per heavy atom. The summed E-state index contributed by atoms with van der Waals surface area (Å²) in [4.78, 5) is 24.4. The highest BCUT2D eigenvalue weighted by molar-refractivity contribution is 6.31. The lowest BCUT2D eigenvalue weighted by Gasteiger charge is -2.21. The number of nitrogens with zero attached hydrogens (tertiary/aromatic N) is 3. The molecule has 0 aliphatic carbocycles. The molecule has 2 aromatic heterocycles. The first-order valence-electron chi connectivity index (χ1n) is 10.8. The molecule has 2 aromatic carbocycles. The largest absolute Gasteiger partial charge is 0.450 e. The lowest BCUT2D eigenvalue weighted by atomic mass is 10.2. The number of nitrogens with one attached hydrogen (secondary N) is 1. The van der Waals surface area contributed by atoms with Crippen LogP contribution in [0.4, 0.5) is 10.2 Å². The Hall–Kier alpha value is -3.19. The zero-order chi connectivity index (χ0) is 22.1. The summed E-state index contributed by atoms with van der Waals surface area (Å²) in [5, 5.41) is 3.90. The molecule has 0 bridgehead atoms. The first-order chi connectivity index (χ1) is 15.6. The Kier molecular flexibility index (Phi) is 5.66. The van der Waals surface area contributed by atoms with Crippen LogP contribution in [0.2, 0.25) is 5.02 Å². The van der Waals surface area contributed by atoms with Crippen LogP contribution in [0, 0.1) is 5.82 Å². The number of furan rings is 1. The minimum Gasteiger partial charge on any atom is -0.450 e. The lowest BCUT2D eigenvalue weighted by Crippen LogP contribution is -2.29. The maximum absolute atomic E-state index is 13.3. The highest BCUT2D eigenvalue weighted by atomic mass is 35.5. The molecule has 1 fully saturated rings. The van der Waals surface area contributed by atoms with Gasteiger partial charge in [-0.1, -0.05) is 42.6 Å². The van der Waals surface area contributed by atoms with Crippen LogP contribution in [0.5, 0.6) is 0 Å². The lowest BCUT2D eigenvalue weighted by molar-refractivity contribution is 0.0941. The van der Waals surface area contributed by atoms with Crippen molar-refractivity contribution >= 4 is 45.4 Å². The number of aromatic nitrogens is 2. The van der Waals surface area contributed by atoms with Crippen LogP contribution < -0.4 is 10.2 Å². The molecule has 1 aliphatic heterocycles. The van der Waals surface area contributed by atoms with Crippen molar-refractivity contribution in [2.24, 2.45) is 0 Å². The van der Waals surface area contributed by atoms with Gasteiger partial charge in [0.2, 0.25) is 5.82 Å². The Labute approximate surface area is 189 Å². The average Bonchev–Trinajstić information content (AvgIpc) is 2.96. The molecule has 1 amide bonds. The SMILES string of the molecule is O=C(NCc1ccc(F)cc1Cl)c1nc(N2CCCCCC2)c2oc3ccccc3c2n1. The third-order valence-electron chi connectivity index (χ3n) is 5.77. The van der Waals surface area contributed by atoms with E-state index in [0.717, 1.165) is 31.3 Å². The van der Waals surface area contributed by atoms with E-state index in [2.05, 4.69) is 20.2 Å². The predicted molar refractivity (Wildman–Crippen MR) is 123 cm³/mol. The van der Waals surface area contributed by atoms with Crippen molar-refractivity contribution in [3.05, 3.63) is 64.7 Å². The van der Waals surface area contributed by atoms with Crippen molar-refractivity contribution in [3.63, 3.8) is 0 Å². The standard InChI is InChI=1S/C24H22ClFN4O2/c25-18-13-16(26)10-9-15(18)14-27-24(31)22-28-20-17-7-3-4-8-19(17)32-21(20)23(29-22)30-11-5-1-2-6-12-30/h3-4,7-10,13H,1-2,5-6,11-12,14H2,(H,27,31). The van der Waals surface area contributed by atoms with Crippen LogP contribution in [-0.4, -0.2) is 29.0 Å². The average molecular weight is 453 g/mol. The van der Waals surface area contributed by atoms with Crippen molar-refractivity contribution in [2.75, 3.05) is 18.0 Å². The fourth-order valence-corrected chi connectivity index (χ4v) is 4.33. The number of hydrogen-bond acceptors (Lipinski definition) is 5. The van der Waals surface area contributed by atoms with Gasteiger partial charge in [0, 0.05) is 30.0 Å². The summed E-state index contributed by atoms with van der Waals surface area (Å²) < 4.78 is 19.4. The number of anilines is 1. The molecule has 164 valence electrons. The molecule has 3 heterocycles. The quantitative estimate of drug-likeness (QED) is 0.444. The number of carbonyl (C=O) groups excluding carboxylic acids is 1. The number of carbonyl (C=O) groups is 1. The van der Waals surface area contributed by atoms with Crippen LogP contribution >= 0.6 is 11.6 Å². The van der Waals surface area contributed by atoms with E-state index in [0.29, 0.717) is 28.1 Å². The summed E-state index contributed by atoms with van der Waals surface area (Å²) in [6, 6.07) is 11.7. The Morgan fingerprint density at radius 1 is 1.09 bits per heavy atom. The molecule has 0 unspecified atom stereocenters. The molecule has 32 heavy (non-hydrogen) atoms. The second kappa shape index (κ2) is 8.74. The van der Waals surface area contributed by atoms with Crippen molar-refractivity contribution in [2.45, 2.75) is 32.2 Å². The highest BCUT2D eigenvalue weighted by Crippen LogP contribution is 2.33. The second-order valence-electron chi connectivity index (χ2n) is 7.97. The molecule has 5 rings (SSSR count). The molecule has 0 saturated carbocycles. The van der Waals surface area contributed by atoms with Gasteiger partial charge in [-0.2, -0.15) is 0 Å². The second-order valence-corrected chi connectivity index (χ2v) is 8.37. The van der Waals surface area contributed by atoms with E-state index < -0.39 is 11.7 Å². The molecule has 1 saturated heterocycles. The maximum atomic E-state index is 13.3. The molecular formula is C24H22ClFN4O2. The number of para-hydroxylation sites is 1. The predicted octanol–water partition coefficient (Wildman–Crippen LogP) is 5.48. The third kappa shape index (κ3) is 4.00. The summed E-state index contributed by atoms with van der Waals surface area (Å²) in [6.07, 6.45) is 4.49. The zero-order valence-corrected chi connectivity index (χ0v) is 18.2. The fourth-order valence-electron chi connectivity index (χ4n) is 4.09. The Balaban J connectivity index is 1.53. The van der Waals surface area contributed by atoms with E-state index in [-0.39, 0.29) is 17.4 Å². The monoisotopic (exact) mass is 452 g/mol. The van der Waals surface area contributed by atoms with Gasteiger partial charge in [-0.25, -0.2) is 14.4 Å². The normalized spacial score (nSPS) is 14.6. The molecular weight excluding hydrogens is 431 g/mol. The Bertz CT molecular complexity index is 1300. The molecule has 1 aliphatic rings. The van der Waals surface area contributed by atoms with Crippen molar-refractivity contribution in [1.82, 2.24) is 15.3 Å². The maximum Gasteiger partial charge on any atom is 0.289 e. The minimum atomic E-state index is -0.423. The smallest absolute Gasteiger partial charge is 0.289 e. The number of rotatable bonds is 4. The van der Waals surface area contributed by atoms with E-state index in [1.165, 1.54) is 25.0 Å². The van der Waals surface area contributed by atoms with E-state index in [1.807, 2.05) is 24.3 Å². The van der Waals surface area contributed by atoms with Gasteiger partial charge in [-0.05, 0) is 42.7 Å². The van der Waals surface area contributed by atoms with E-state index in [9.17, 15) is 9.18 Å². The van der Waals surface area contributed by atoms with Gasteiger partial charge < -0.3 is 14.6 Å². The molecule has 1 N–H and O–H groups in total. The molecule has 0 radical (unpaired) electrons. The van der Waals surface area contributed by atoms with Gasteiger partial charge >= 0.3 is 0 Å². The number of amides is 1. The summed E-state index contributed by atoms with van der Waals surface area (Å²) >= 11 is 6.09. The van der Waals surface area contributed by atoms with E-state index in [1.54, 1.807) is 6.07 Å². The fraction of sp³-hybridized carbons (Fsp3) is 0.292. The third-order valence-corrected chi connectivity index (χ3v) is 6.12. The van der Waals surface area contributed by atoms with Gasteiger partial charge in [0.05, 0.1) is 0 Å². The summed E-state index contributed by atoms with van der Waals surface area (Å²) in [5.41, 5.74) is 2.55. The molecule has 6 nitrogen and oxygen atoms in total. The van der Waals surface area contributed by atoms with Gasteiger partial charge in [-0.15, -0.1) is 0 Å². The van der Waals surface area contributed by atoms with Crippen LogP contribution in [0.3, 0.4) is 0 Å². The van der Waals surface area contributed by atoms with Crippen LogP contribution in [0.1, 0.15) is 41.9 Å². The number of fused-ring (bicyclic) bond motifs is 3. The first kappa shape index (κ1) is 20.7. The van der Waals surface area contributed by atoms with Crippen molar-refractivity contribution in [3.8, 4) is 0 Å². The topological polar surface area (TPSA) is 71.3 Å². The summed E-state index contributed by atoms with van der Waals surface area (Å²) in [6.45, 7) is 1.86. The molecule has 0 spiro atoms. The van der Waals surface area contributed by atoms with Crippen molar-refractivity contribution < 1.29 is 13.6 Å². The first-order valence-corrected chi connectivity index (χ1v) is 11.1. The number of hydrogen-bond donors (Lipinski definition) is 1.